The van der Waals surface area contributed by atoms with Gasteiger partial charge >= 0.3 is 0 Å². The minimum absolute atomic E-state index is 0.0220. The zero-order chi connectivity index (χ0) is 27.1. The fourth-order valence-corrected chi connectivity index (χ4v) is 4.94. The molecule has 1 heterocycles. The number of carbonyl (C=O) groups is 1. The number of rotatable bonds is 12. The summed E-state index contributed by atoms with van der Waals surface area (Å²) in [6.07, 6.45) is 3.93. The van der Waals surface area contributed by atoms with E-state index in [4.69, 9.17) is 18.9 Å². The summed E-state index contributed by atoms with van der Waals surface area (Å²) in [5, 5.41) is 4.23. The molecule has 7 heteroatoms. The van der Waals surface area contributed by atoms with Crippen molar-refractivity contribution < 1.29 is 23.7 Å². The van der Waals surface area contributed by atoms with Gasteiger partial charge in [-0.05, 0) is 59.4 Å². The van der Waals surface area contributed by atoms with Crippen LogP contribution in [-0.2, 0) is 17.6 Å². The van der Waals surface area contributed by atoms with Crippen LogP contribution in [0.25, 0.3) is 10.9 Å². The number of fused-ring (bicyclic) bond motifs is 1. The molecule has 0 saturated heterocycles. The Balaban J connectivity index is 1.57. The van der Waals surface area contributed by atoms with Gasteiger partial charge in [-0.2, -0.15) is 0 Å². The largest absolute Gasteiger partial charge is 0.493 e. The van der Waals surface area contributed by atoms with Crippen LogP contribution in [0.4, 0.5) is 0 Å². The Hall–Kier alpha value is -4.13. The van der Waals surface area contributed by atoms with Crippen LogP contribution in [0.15, 0.2) is 60.8 Å². The van der Waals surface area contributed by atoms with Crippen molar-refractivity contribution in [1.29, 1.82) is 0 Å². The van der Waals surface area contributed by atoms with Gasteiger partial charge in [0.2, 0.25) is 5.91 Å². The number of carbonyl (C=O) groups excluding carboxylic acids is 1. The fraction of sp³-hybridized carbons (Fsp3) is 0.323. The molecule has 2 N–H and O–H groups in total. The Morgan fingerprint density at radius 2 is 1.55 bits per heavy atom. The first kappa shape index (κ1) is 26.9. The molecule has 0 fully saturated rings. The third-order valence-corrected chi connectivity index (χ3v) is 6.97. The van der Waals surface area contributed by atoms with Crippen LogP contribution in [-0.4, -0.2) is 45.9 Å². The average Bonchev–Trinajstić information content (AvgIpc) is 3.39. The fourth-order valence-electron chi connectivity index (χ4n) is 4.94. The van der Waals surface area contributed by atoms with Crippen LogP contribution in [0.3, 0.4) is 0 Å². The summed E-state index contributed by atoms with van der Waals surface area (Å²) in [5.74, 6) is 2.46. The molecule has 0 radical (unpaired) electrons. The topological polar surface area (TPSA) is 81.8 Å². The minimum Gasteiger partial charge on any atom is -0.493 e. The van der Waals surface area contributed by atoms with Gasteiger partial charge in [0.15, 0.2) is 23.0 Å². The van der Waals surface area contributed by atoms with Crippen LogP contribution in [0, 0.1) is 0 Å². The number of hydrogen-bond acceptors (Lipinski definition) is 5. The Kier molecular flexibility index (Phi) is 8.79. The standard InChI is InChI=1S/C31H36N2O5/c1-6-21-8-7-9-23-25(19-33-31(21)23)24(22-11-13-27(36-3)29(17-22)38-5)18-30(34)32-15-14-20-10-12-26(35-2)28(16-20)37-4/h7-13,16-17,19,24,33H,6,14-15,18H2,1-5H3,(H,32,34)/t24-/m0/s1. The smallest absolute Gasteiger partial charge is 0.220 e. The Morgan fingerprint density at radius 3 is 2.24 bits per heavy atom. The van der Waals surface area contributed by atoms with E-state index >= 15 is 0 Å². The second kappa shape index (κ2) is 12.4. The Labute approximate surface area is 224 Å². The third-order valence-electron chi connectivity index (χ3n) is 6.97. The highest BCUT2D eigenvalue weighted by Gasteiger charge is 2.23. The number of amides is 1. The van der Waals surface area contributed by atoms with Crippen molar-refractivity contribution in [3.63, 3.8) is 0 Å². The highest BCUT2D eigenvalue weighted by atomic mass is 16.5. The second-order valence-electron chi connectivity index (χ2n) is 9.10. The van der Waals surface area contributed by atoms with Gasteiger partial charge in [-0.25, -0.2) is 0 Å². The molecule has 200 valence electrons. The zero-order valence-electron chi connectivity index (χ0n) is 22.7. The average molecular weight is 517 g/mol. The summed E-state index contributed by atoms with van der Waals surface area (Å²) >= 11 is 0. The predicted molar refractivity (Wildman–Crippen MR) is 150 cm³/mol. The van der Waals surface area contributed by atoms with Gasteiger partial charge in [0.25, 0.3) is 0 Å². The van der Waals surface area contributed by atoms with Gasteiger partial charge in [0, 0.05) is 36.0 Å². The first-order valence-corrected chi connectivity index (χ1v) is 12.8. The van der Waals surface area contributed by atoms with E-state index in [1.54, 1.807) is 28.4 Å². The molecule has 0 aliphatic rings. The number of nitrogens with one attached hydrogen (secondary N) is 2. The minimum atomic E-state index is -0.170. The summed E-state index contributed by atoms with van der Waals surface area (Å²) in [6, 6.07) is 18.0. The molecular weight excluding hydrogens is 480 g/mol. The lowest BCUT2D eigenvalue weighted by Gasteiger charge is -2.19. The summed E-state index contributed by atoms with van der Waals surface area (Å²) in [7, 11) is 6.47. The van der Waals surface area contributed by atoms with Crippen molar-refractivity contribution >= 4 is 16.8 Å². The maximum Gasteiger partial charge on any atom is 0.220 e. The first-order valence-electron chi connectivity index (χ1n) is 12.8. The quantitative estimate of drug-likeness (QED) is 0.254. The molecule has 0 aliphatic carbocycles. The molecule has 1 aromatic heterocycles. The number of aromatic nitrogens is 1. The van der Waals surface area contributed by atoms with Crippen molar-refractivity contribution in [1.82, 2.24) is 10.3 Å². The molecule has 3 aromatic carbocycles. The van der Waals surface area contributed by atoms with Crippen LogP contribution < -0.4 is 24.3 Å². The van der Waals surface area contributed by atoms with Crippen molar-refractivity contribution in [3.05, 3.63) is 83.0 Å². The summed E-state index contributed by atoms with van der Waals surface area (Å²) in [5.41, 5.74) is 5.49. The molecule has 0 aliphatic heterocycles. The second-order valence-corrected chi connectivity index (χ2v) is 9.10. The van der Waals surface area contributed by atoms with E-state index in [-0.39, 0.29) is 11.8 Å². The van der Waals surface area contributed by atoms with Crippen molar-refractivity contribution in [2.45, 2.75) is 32.1 Å². The number of H-pyrrole nitrogens is 1. The molecule has 4 rings (SSSR count). The van der Waals surface area contributed by atoms with Crippen LogP contribution in [0.2, 0.25) is 0 Å². The lowest BCUT2D eigenvalue weighted by Crippen LogP contribution is -2.27. The molecule has 1 amide bonds. The van der Waals surface area contributed by atoms with Gasteiger partial charge in [-0.3, -0.25) is 4.79 Å². The van der Waals surface area contributed by atoms with Gasteiger partial charge in [-0.1, -0.05) is 37.3 Å². The number of benzene rings is 3. The van der Waals surface area contributed by atoms with Crippen LogP contribution in [0.1, 0.15) is 41.5 Å². The van der Waals surface area contributed by atoms with E-state index < -0.39 is 0 Å². The molecule has 4 aromatic rings. The SMILES string of the molecule is CCc1cccc2c([C@@H](CC(=O)NCCc3ccc(OC)c(OC)c3)c3ccc(OC)c(OC)c3)c[nH]c12. The molecule has 0 unspecified atom stereocenters. The first-order chi connectivity index (χ1) is 18.5. The van der Waals surface area contributed by atoms with E-state index in [2.05, 4.69) is 35.4 Å². The van der Waals surface area contributed by atoms with E-state index in [0.717, 1.165) is 34.0 Å². The number of methoxy groups -OCH3 is 4. The number of aromatic amines is 1. The van der Waals surface area contributed by atoms with Crippen LogP contribution >= 0.6 is 0 Å². The van der Waals surface area contributed by atoms with Crippen molar-refractivity contribution in [3.8, 4) is 23.0 Å². The molecule has 0 bridgehead atoms. The summed E-state index contributed by atoms with van der Waals surface area (Å²) < 4.78 is 21.7. The Morgan fingerprint density at radius 1 is 0.868 bits per heavy atom. The number of ether oxygens (including phenoxy) is 4. The van der Waals surface area contributed by atoms with Crippen molar-refractivity contribution in [2.24, 2.45) is 0 Å². The lowest BCUT2D eigenvalue weighted by molar-refractivity contribution is -0.121. The molecule has 7 nitrogen and oxygen atoms in total. The van der Waals surface area contributed by atoms with E-state index in [1.165, 1.54) is 5.56 Å². The van der Waals surface area contributed by atoms with Gasteiger partial charge in [0.1, 0.15) is 0 Å². The van der Waals surface area contributed by atoms with Crippen LogP contribution in [0.5, 0.6) is 23.0 Å². The summed E-state index contributed by atoms with van der Waals surface area (Å²) in [4.78, 5) is 16.7. The monoisotopic (exact) mass is 516 g/mol. The molecular formula is C31H36N2O5. The zero-order valence-corrected chi connectivity index (χ0v) is 22.7. The highest BCUT2D eigenvalue weighted by molar-refractivity contribution is 5.88. The number of para-hydroxylation sites is 1. The molecule has 38 heavy (non-hydrogen) atoms. The van der Waals surface area contributed by atoms with E-state index in [9.17, 15) is 4.79 Å². The molecule has 0 spiro atoms. The Bertz CT molecular complexity index is 1390. The maximum absolute atomic E-state index is 13.3. The van der Waals surface area contributed by atoms with E-state index in [1.807, 2.05) is 42.6 Å². The van der Waals surface area contributed by atoms with Gasteiger partial charge in [-0.15, -0.1) is 0 Å². The van der Waals surface area contributed by atoms with Gasteiger partial charge < -0.3 is 29.2 Å². The number of aryl methyl sites for hydroxylation is 1. The predicted octanol–water partition coefficient (Wildman–Crippen LogP) is 5.65. The maximum atomic E-state index is 13.3. The van der Waals surface area contributed by atoms with Crippen molar-refractivity contribution in [2.75, 3.05) is 35.0 Å². The highest BCUT2D eigenvalue weighted by Crippen LogP contribution is 2.38. The summed E-state index contributed by atoms with van der Waals surface area (Å²) in [6.45, 7) is 2.66. The normalized spacial score (nSPS) is 11.7. The third kappa shape index (κ3) is 5.72. The molecule has 1 atom stereocenters. The number of hydrogen-bond donors (Lipinski definition) is 2. The molecule has 0 saturated carbocycles. The van der Waals surface area contributed by atoms with Gasteiger partial charge in [0.05, 0.1) is 28.4 Å². The van der Waals surface area contributed by atoms with E-state index in [0.29, 0.717) is 42.4 Å². The lowest BCUT2D eigenvalue weighted by atomic mass is 9.87.